The number of benzene rings is 2. The van der Waals surface area contributed by atoms with Crippen molar-refractivity contribution in [3.63, 3.8) is 0 Å². The molecule has 0 heterocycles. The standard InChI is InChI=1S/C38H51F2N3O12/c1-35(2,3)52-31(47)42(32(48)53-36(4,5)6)27-15-21(25(39)17-23(27)29(44)45)19-41(13)20-22-16-28(24(18-26(22)40)30(46)51-14)43(33(49)54-37(7,8)9)34(50)55-38(10,11)12/h15-18H,19-20H2,1-14H3,(H,44,45). The number of nitrogens with zero attached hydrogens (tertiary/aromatic N) is 3. The minimum atomic E-state index is -1.68. The van der Waals surface area contributed by atoms with Crippen molar-refractivity contribution in [3.8, 4) is 0 Å². The predicted molar refractivity (Wildman–Crippen MR) is 196 cm³/mol. The Morgan fingerprint density at radius 2 is 0.855 bits per heavy atom. The zero-order valence-electron chi connectivity index (χ0n) is 33.8. The fourth-order valence-electron chi connectivity index (χ4n) is 4.68. The second-order valence-corrected chi connectivity index (χ2v) is 16.5. The van der Waals surface area contributed by atoms with Crippen LogP contribution in [0.1, 0.15) is 115 Å². The molecule has 0 radical (unpaired) electrons. The Morgan fingerprint density at radius 1 is 0.564 bits per heavy atom. The number of anilines is 2. The Morgan fingerprint density at radius 3 is 1.13 bits per heavy atom. The number of hydrogen-bond acceptors (Lipinski definition) is 12. The van der Waals surface area contributed by atoms with Gasteiger partial charge in [0.1, 0.15) is 34.0 Å². The summed E-state index contributed by atoms with van der Waals surface area (Å²) in [6.45, 7) is 17.6. The van der Waals surface area contributed by atoms with E-state index in [0.29, 0.717) is 15.9 Å². The molecule has 0 aliphatic rings. The number of ether oxygens (including phenoxy) is 5. The monoisotopic (exact) mass is 779 g/mol. The lowest BCUT2D eigenvalue weighted by atomic mass is 10.0. The normalized spacial score (nSPS) is 12.1. The lowest BCUT2D eigenvalue weighted by molar-refractivity contribution is 0.0406. The summed E-state index contributed by atoms with van der Waals surface area (Å²) in [5, 5.41) is 9.97. The molecule has 0 bridgehead atoms. The van der Waals surface area contributed by atoms with E-state index < -0.39 is 92.9 Å². The molecule has 2 aromatic rings. The van der Waals surface area contributed by atoms with E-state index in [1.54, 1.807) is 0 Å². The third kappa shape index (κ3) is 13.5. The van der Waals surface area contributed by atoms with Crippen LogP contribution in [-0.4, -0.2) is 82.9 Å². The van der Waals surface area contributed by atoms with Crippen LogP contribution < -0.4 is 9.80 Å². The van der Waals surface area contributed by atoms with E-state index in [1.807, 2.05) is 0 Å². The first-order valence-corrected chi connectivity index (χ1v) is 17.0. The summed E-state index contributed by atoms with van der Waals surface area (Å²) >= 11 is 0. The van der Waals surface area contributed by atoms with E-state index in [2.05, 4.69) is 0 Å². The number of imide groups is 2. The summed E-state index contributed by atoms with van der Waals surface area (Å²) in [4.78, 5) is 80.9. The molecule has 0 fully saturated rings. The maximum atomic E-state index is 15.7. The van der Waals surface area contributed by atoms with Gasteiger partial charge in [0.2, 0.25) is 0 Å². The summed E-state index contributed by atoms with van der Waals surface area (Å²) in [5.41, 5.74) is -7.25. The maximum absolute atomic E-state index is 15.7. The first-order valence-electron chi connectivity index (χ1n) is 17.0. The molecule has 15 nitrogen and oxygen atoms in total. The number of carboxylic acid groups (broad SMARTS) is 1. The van der Waals surface area contributed by atoms with Crippen LogP contribution in [0.25, 0.3) is 0 Å². The Labute approximate surface area is 319 Å². The van der Waals surface area contributed by atoms with Crippen LogP contribution >= 0.6 is 0 Å². The van der Waals surface area contributed by atoms with Crippen LogP contribution in [0.5, 0.6) is 0 Å². The molecule has 4 amide bonds. The fourth-order valence-corrected chi connectivity index (χ4v) is 4.68. The van der Waals surface area contributed by atoms with Gasteiger partial charge >= 0.3 is 36.3 Å². The zero-order valence-corrected chi connectivity index (χ0v) is 33.8. The van der Waals surface area contributed by atoms with E-state index in [-0.39, 0.29) is 24.2 Å². The number of carbonyl (C=O) groups is 6. The third-order valence-corrected chi connectivity index (χ3v) is 6.63. The van der Waals surface area contributed by atoms with E-state index in [9.17, 15) is 33.9 Å². The molecule has 0 aromatic heterocycles. The van der Waals surface area contributed by atoms with E-state index in [4.69, 9.17) is 23.7 Å². The van der Waals surface area contributed by atoms with Crippen molar-refractivity contribution in [3.05, 3.63) is 58.2 Å². The SMILES string of the molecule is COC(=O)c1cc(F)c(CN(C)Cc2cc(N(C(=O)OC(C)(C)C)C(=O)OC(C)(C)C)c(C(=O)O)cc2F)cc1N(C(=O)OC(C)(C)C)C(=O)OC(C)(C)C. The molecule has 304 valence electrons. The van der Waals surface area contributed by atoms with Crippen molar-refractivity contribution in [2.45, 2.75) is 119 Å². The van der Waals surface area contributed by atoms with Crippen molar-refractivity contribution < 1.29 is 66.3 Å². The van der Waals surface area contributed by atoms with Gasteiger partial charge in [-0.2, -0.15) is 9.80 Å². The van der Waals surface area contributed by atoms with Gasteiger partial charge in [0.05, 0.1) is 29.6 Å². The van der Waals surface area contributed by atoms with Crippen molar-refractivity contribution in [1.29, 1.82) is 0 Å². The average Bonchev–Trinajstić information content (AvgIpc) is 2.95. The number of halogens is 2. The molecule has 0 unspecified atom stereocenters. The van der Waals surface area contributed by atoms with Gasteiger partial charge in [-0.25, -0.2) is 37.5 Å². The second kappa shape index (κ2) is 17.0. The van der Waals surface area contributed by atoms with Crippen molar-refractivity contribution in [2.75, 3.05) is 24.0 Å². The van der Waals surface area contributed by atoms with Gasteiger partial charge < -0.3 is 28.8 Å². The highest BCUT2D eigenvalue weighted by molar-refractivity contribution is 6.14. The number of esters is 1. The number of aromatic carboxylic acids is 1. The van der Waals surface area contributed by atoms with Gasteiger partial charge in [-0.3, -0.25) is 4.90 Å². The van der Waals surface area contributed by atoms with Crippen molar-refractivity contribution >= 4 is 47.7 Å². The molecule has 0 spiro atoms. The van der Waals surface area contributed by atoms with Gasteiger partial charge in [0, 0.05) is 24.2 Å². The Balaban J connectivity index is 2.75. The summed E-state index contributed by atoms with van der Waals surface area (Å²) in [6.07, 6.45) is -5.08. The minimum Gasteiger partial charge on any atom is -0.478 e. The summed E-state index contributed by atoms with van der Waals surface area (Å²) < 4.78 is 57.7. The van der Waals surface area contributed by atoms with Crippen molar-refractivity contribution in [2.24, 2.45) is 0 Å². The molecule has 0 saturated heterocycles. The third-order valence-electron chi connectivity index (χ3n) is 6.63. The number of methoxy groups -OCH3 is 1. The molecule has 0 aliphatic carbocycles. The maximum Gasteiger partial charge on any atom is 0.424 e. The molecule has 1 N–H and O–H groups in total. The molecule has 55 heavy (non-hydrogen) atoms. The van der Waals surface area contributed by atoms with E-state index in [1.165, 1.54) is 95.0 Å². The van der Waals surface area contributed by atoms with Gasteiger partial charge in [0.25, 0.3) is 0 Å². The van der Waals surface area contributed by atoms with Gasteiger partial charge in [-0.1, -0.05) is 0 Å². The van der Waals surface area contributed by atoms with Crippen LogP contribution in [0.15, 0.2) is 24.3 Å². The Hall–Kier alpha value is -5.32. The number of amides is 4. The van der Waals surface area contributed by atoms with Crippen LogP contribution in [0.3, 0.4) is 0 Å². The van der Waals surface area contributed by atoms with Crippen LogP contribution in [0.4, 0.5) is 39.3 Å². The van der Waals surface area contributed by atoms with Crippen LogP contribution in [0, 0.1) is 11.6 Å². The largest absolute Gasteiger partial charge is 0.478 e. The molecular weight excluding hydrogens is 728 g/mol. The summed E-state index contributed by atoms with van der Waals surface area (Å²) in [7, 11) is 2.44. The minimum absolute atomic E-state index is 0.200. The Kier molecular flexibility index (Phi) is 14.2. The number of rotatable bonds is 8. The highest BCUT2D eigenvalue weighted by Crippen LogP contribution is 2.32. The number of hydrogen-bond donors (Lipinski definition) is 1. The lowest BCUT2D eigenvalue weighted by Crippen LogP contribution is -2.44. The quantitative estimate of drug-likeness (QED) is 0.200. The van der Waals surface area contributed by atoms with Gasteiger partial charge in [-0.15, -0.1) is 0 Å². The lowest BCUT2D eigenvalue weighted by Gasteiger charge is -2.30. The van der Waals surface area contributed by atoms with Crippen LogP contribution in [-0.2, 0) is 36.8 Å². The average molecular weight is 780 g/mol. The molecule has 2 rings (SSSR count). The molecular formula is C38H51F2N3O12. The highest BCUT2D eigenvalue weighted by atomic mass is 19.1. The molecule has 17 heteroatoms. The van der Waals surface area contributed by atoms with Gasteiger partial charge in [0.15, 0.2) is 0 Å². The molecule has 2 aromatic carbocycles. The first-order chi connectivity index (χ1) is 24.8. The highest BCUT2D eigenvalue weighted by Gasteiger charge is 2.38. The Bertz CT molecular complexity index is 1760. The molecule has 0 saturated carbocycles. The molecule has 0 aliphatic heterocycles. The first kappa shape index (κ1) is 45.8. The number of carboxylic acids is 1. The zero-order chi connectivity index (χ0) is 42.6. The number of carbonyl (C=O) groups excluding carboxylic acids is 5. The van der Waals surface area contributed by atoms with Gasteiger partial charge in [-0.05, 0) is 114 Å². The van der Waals surface area contributed by atoms with E-state index in [0.717, 1.165) is 25.3 Å². The summed E-state index contributed by atoms with van der Waals surface area (Å²) in [5.74, 6) is -4.80. The van der Waals surface area contributed by atoms with Crippen LogP contribution in [0.2, 0.25) is 0 Å². The smallest absolute Gasteiger partial charge is 0.424 e. The fraction of sp³-hybridized carbons (Fsp3) is 0.526. The van der Waals surface area contributed by atoms with Crippen molar-refractivity contribution in [1.82, 2.24) is 4.90 Å². The van der Waals surface area contributed by atoms with E-state index >= 15 is 8.78 Å². The summed E-state index contributed by atoms with van der Waals surface area (Å²) in [6, 6.07) is 3.36. The predicted octanol–water partition coefficient (Wildman–Crippen LogP) is 8.43. The molecule has 0 atom stereocenters. The second-order valence-electron chi connectivity index (χ2n) is 16.5. The topological polar surface area (TPSA) is 179 Å².